The summed E-state index contributed by atoms with van der Waals surface area (Å²) in [6, 6.07) is 14.8. The Hall–Kier alpha value is -2.18. The van der Waals surface area contributed by atoms with Crippen LogP contribution in [0.3, 0.4) is 0 Å². The Morgan fingerprint density at radius 2 is 1.92 bits per heavy atom. The van der Waals surface area contributed by atoms with Crippen molar-refractivity contribution in [3.8, 4) is 0 Å². The lowest BCUT2D eigenvalue weighted by molar-refractivity contribution is -0.116. The van der Waals surface area contributed by atoms with Gasteiger partial charge in [0.15, 0.2) is 0 Å². The van der Waals surface area contributed by atoms with Crippen molar-refractivity contribution in [1.82, 2.24) is 4.72 Å². The normalized spacial score (nSPS) is 15.4. The summed E-state index contributed by atoms with van der Waals surface area (Å²) in [5.74, 6) is 0.0631. The van der Waals surface area contributed by atoms with Crippen LogP contribution in [0.1, 0.15) is 37.3 Å². The molecule has 1 heterocycles. The van der Waals surface area contributed by atoms with Gasteiger partial charge in [-0.25, -0.2) is 13.1 Å². The van der Waals surface area contributed by atoms with Crippen LogP contribution < -0.4 is 9.62 Å². The SMILES string of the molecule is CC(=O)N1CCCc2cc(S(=O)(=O)NCC(C)c3ccccc3)ccc21. The van der Waals surface area contributed by atoms with Crippen LogP contribution in [0.25, 0.3) is 0 Å². The number of carbonyl (C=O) groups is 1. The quantitative estimate of drug-likeness (QED) is 0.877. The highest BCUT2D eigenvalue weighted by atomic mass is 32.2. The van der Waals surface area contributed by atoms with Crippen LogP contribution in [-0.2, 0) is 21.2 Å². The fourth-order valence-corrected chi connectivity index (χ4v) is 4.47. The standard InChI is InChI=1S/C20H24N2O3S/c1-15(17-7-4-3-5-8-17)14-21-26(24,25)19-10-11-20-18(13-19)9-6-12-22(20)16(2)23/h3-5,7-8,10-11,13,15,21H,6,9,12,14H2,1-2H3. The van der Waals surface area contributed by atoms with E-state index in [0.29, 0.717) is 13.1 Å². The smallest absolute Gasteiger partial charge is 0.240 e. The van der Waals surface area contributed by atoms with Crippen molar-refractivity contribution in [2.45, 2.75) is 37.5 Å². The second kappa shape index (κ2) is 7.60. The first-order chi connectivity index (χ1) is 12.4. The maximum absolute atomic E-state index is 12.7. The topological polar surface area (TPSA) is 66.5 Å². The Morgan fingerprint density at radius 3 is 2.62 bits per heavy atom. The van der Waals surface area contributed by atoms with Crippen LogP contribution in [0.4, 0.5) is 5.69 Å². The van der Waals surface area contributed by atoms with E-state index in [4.69, 9.17) is 0 Å². The highest BCUT2D eigenvalue weighted by molar-refractivity contribution is 7.89. The average Bonchev–Trinajstić information content (AvgIpc) is 2.65. The molecule has 0 saturated carbocycles. The number of nitrogens with one attached hydrogen (secondary N) is 1. The van der Waals surface area contributed by atoms with E-state index in [1.807, 2.05) is 37.3 Å². The van der Waals surface area contributed by atoms with Gasteiger partial charge < -0.3 is 4.90 Å². The van der Waals surface area contributed by atoms with Crippen molar-refractivity contribution in [3.63, 3.8) is 0 Å². The van der Waals surface area contributed by atoms with Gasteiger partial charge in [0.05, 0.1) is 4.90 Å². The predicted octanol–water partition coefficient (Wildman–Crippen LogP) is 3.07. The summed E-state index contributed by atoms with van der Waals surface area (Å²) in [5.41, 5.74) is 2.82. The molecule has 1 amide bonds. The Labute approximate surface area is 155 Å². The summed E-state index contributed by atoms with van der Waals surface area (Å²) in [7, 11) is -3.59. The molecule has 1 N–H and O–H groups in total. The van der Waals surface area contributed by atoms with Crippen LogP contribution in [0.2, 0.25) is 0 Å². The molecule has 0 spiro atoms. The minimum Gasteiger partial charge on any atom is -0.312 e. The van der Waals surface area contributed by atoms with Crippen molar-refractivity contribution >= 4 is 21.6 Å². The molecular weight excluding hydrogens is 348 g/mol. The van der Waals surface area contributed by atoms with Crippen molar-refractivity contribution < 1.29 is 13.2 Å². The van der Waals surface area contributed by atoms with Gasteiger partial charge in [0.25, 0.3) is 0 Å². The zero-order valence-electron chi connectivity index (χ0n) is 15.1. The molecule has 0 fully saturated rings. The van der Waals surface area contributed by atoms with E-state index in [0.717, 1.165) is 29.7 Å². The number of carbonyl (C=O) groups excluding carboxylic acids is 1. The lowest BCUT2D eigenvalue weighted by Crippen LogP contribution is -2.34. The molecule has 0 bridgehead atoms. The largest absolute Gasteiger partial charge is 0.312 e. The van der Waals surface area contributed by atoms with Gasteiger partial charge in [-0.05, 0) is 48.1 Å². The number of anilines is 1. The molecule has 5 nitrogen and oxygen atoms in total. The first kappa shape index (κ1) is 18.6. The van der Waals surface area contributed by atoms with Gasteiger partial charge in [-0.2, -0.15) is 0 Å². The molecular formula is C20H24N2O3S. The van der Waals surface area contributed by atoms with Gasteiger partial charge in [0.1, 0.15) is 0 Å². The van der Waals surface area contributed by atoms with Crippen LogP contribution in [-0.4, -0.2) is 27.4 Å². The first-order valence-electron chi connectivity index (χ1n) is 8.84. The fraction of sp³-hybridized carbons (Fsp3) is 0.350. The monoisotopic (exact) mass is 372 g/mol. The van der Waals surface area contributed by atoms with Crippen molar-refractivity contribution in [3.05, 3.63) is 59.7 Å². The van der Waals surface area contributed by atoms with E-state index in [2.05, 4.69) is 4.72 Å². The van der Waals surface area contributed by atoms with Gasteiger partial charge in [-0.3, -0.25) is 4.79 Å². The lowest BCUT2D eigenvalue weighted by atomic mass is 10.0. The Bertz CT molecular complexity index is 895. The second-order valence-corrected chi connectivity index (χ2v) is 8.50. The fourth-order valence-electron chi connectivity index (χ4n) is 3.29. The van der Waals surface area contributed by atoms with Crippen molar-refractivity contribution in [2.24, 2.45) is 0 Å². The van der Waals surface area contributed by atoms with Crippen molar-refractivity contribution in [2.75, 3.05) is 18.0 Å². The van der Waals surface area contributed by atoms with E-state index in [1.165, 1.54) is 6.92 Å². The predicted molar refractivity (Wildman–Crippen MR) is 103 cm³/mol. The van der Waals surface area contributed by atoms with Gasteiger partial charge in [-0.15, -0.1) is 0 Å². The minimum atomic E-state index is -3.59. The van der Waals surface area contributed by atoms with Gasteiger partial charge >= 0.3 is 0 Å². The molecule has 2 aromatic carbocycles. The van der Waals surface area contributed by atoms with Gasteiger partial charge in [0.2, 0.25) is 15.9 Å². The maximum Gasteiger partial charge on any atom is 0.240 e. The number of amides is 1. The molecule has 1 aliphatic heterocycles. The third-order valence-electron chi connectivity index (χ3n) is 4.81. The van der Waals surface area contributed by atoms with Gasteiger partial charge in [0, 0.05) is 25.7 Å². The number of rotatable bonds is 5. The molecule has 0 aliphatic carbocycles. The molecule has 1 aliphatic rings. The summed E-state index contributed by atoms with van der Waals surface area (Å²) < 4.78 is 28.1. The molecule has 0 saturated heterocycles. The maximum atomic E-state index is 12.7. The molecule has 2 aromatic rings. The summed E-state index contributed by atoms with van der Waals surface area (Å²) in [6.07, 6.45) is 1.62. The molecule has 6 heteroatoms. The Morgan fingerprint density at radius 1 is 1.19 bits per heavy atom. The summed E-state index contributed by atoms with van der Waals surface area (Å²) >= 11 is 0. The van der Waals surface area contributed by atoms with Crippen LogP contribution >= 0.6 is 0 Å². The Balaban J connectivity index is 1.76. The van der Waals surface area contributed by atoms with E-state index in [9.17, 15) is 13.2 Å². The number of hydrogen-bond donors (Lipinski definition) is 1. The highest BCUT2D eigenvalue weighted by Crippen LogP contribution is 2.29. The summed E-state index contributed by atoms with van der Waals surface area (Å²) in [6.45, 7) is 4.55. The zero-order valence-corrected chi connectivity index (χ0v) is 15.9. The van der Waals surface area contributed by atoms with Crippen LogP contribution in [0.5, 0.6) is 0 Å². The highest BCUT2D eigenvalue weighted by Gasteiger charge is 2.23. The van der Waals surface area contributed by atoms with Crippen LogP contribution in [0, 0.1) is 0 Å². The number of fused-ring (bicyclic) bond motifs is 1. The van der Waals surface area contributed by atoms with E-state index >= 15 is 0 Å². The molecule has 1 atom stereocenters. The average molecular weight is 372 g/mol. The third kappa shape index (κ3) is 3.97. The number of hydrogen-bond acceptors (Lipinski definition) is 3. The van der Waals surface area contributed by atoms with Crippen molar-refractivity contribution in [1.29, 1.82) is 0 Å². The molecule has 3 rings (SSSR count). The molecule has 138 valence electrons. The third-order valence-corrected chi connectivity index (χ3v) is 6.23. The summed E-state index contributed by atoms with van der Waals surface area (Å²) in [5, 5.41) is 0. The number of benzene rings is 2. The van der Waals surface area contributed by atoms with E-state index < -0.39 is 10.0 Å². The number of aryl methyl sites for hydroxylation is 1. The molecule has 1 unspecified atom stereocenters. The van der Waals surface area contributed by atoms with Gasteiger partial charge in [-0.1, -0.05) is 37.3 Å². The molecule has 26 heavy (non-hydrogen) atoms. The second-order valence-electron chi connectivity index (χ2n) is 6.73. The molecule has 0 aromatic heterocycles. The number of nitrogens with zero attached hydrogens (tertiary/aromatic N) is 1. The molecule has 0 radical (unpaired) electrons. The number of sulfonamides is 1. The first-order valence-corrected chi connectivity index (χ1v) is 10.3. The Kier molecular flexibility index (Phi) is 5.44. The van der Waals surface area contributed by atoms with E-state index in [1.54, 1.807) is 23.1 Å². The minimum absolute atomic E-state index is 0.0173. The van der Waals surface area contributed by atoms with Crippen LogP contribution in [0.15, 0.2) is 53.4 Å². The lowest BCUT2D eigenvalue weighted by Gasteiger charge is -2.28. The van der Waals surface area contributed by atoms with E-state index in [-0.39, 0.29) is 16.7 Å². The summed E-state index contributed by atoms with van der Waals surface area (Å²) in [4.78, 5) is 13.7. The zero-order chi connectivity index (χ0) is 18.7.